The summed E-state index contributed by atoms with van der Waals surface area (Å²) in [5.41, 5.74) is 0.857. The SMILES string of the molecule is O=P(O)(Oc1ccc(CSc2ccc(Cl)cn2)cc1Br)C(F)F.[Na].[Na]. The van der Waals surface area contributed by atoms with Crippen molar-refractivity contribution in [1.29, 1.82) is 0 Å². The molecule has 1 aromatic heterocycles. The molecule has 0 aliphatic heterocycles. The van der Waals surface area contributed by atoms with Gasteiger partial charge < -0.3 is 9.42 Å². The van der Waals surface area contributed by atoms with Crippen molar-refractivity contribution in [2.24, 2.45) is 0 Å². The number of rotatable bonds is 6. The molecule has 1 aromatic carbocycles. The number of alkyl halides is 2. The molecule has 126 valence electrons. The van der Waals surface area contributed by atoms with E-state index in [1.54, 1.807) is 30.5 Å². The molecule has 0 aliphatic rings. The Morgan fingerprint density at radius 2 is 2.00 bits per heavy atom. The predicted molar refractivity (Wildman–Crippen MR) is 101 cm³/mol. The van der Waals surface area contributed by atoms with Crippen LogP contribution in [0.1, 0.15) is 5.56 Å². The summed E-state index contributed by atoms with van der Waals surface area (Å²) in [6, 6.07) is 8.12. The third-order valence-corrected chi connectivity index (χ3v) is 5.37. The smallest absolute Gasteiger partial charge is 0.420 e. The number of pyridine rings is 1. The standard InChI is InChI=1S/C13H10BrClF2NO3PS.2Na/c14-10-5-8(7-23-12-4-2-9(15)6-18-12)1-3-11(10)21-22(19,20)13(16)17;;/h1-6,13H,7H2,(H,19,20);;. The van der Waals surface area contributed by atoms with E-state index in [2.05, 4.69) is 25.4 Å². The first kappa shape index (κ1) is 26.3. The molecule has 2 radical (unpaired) electrons. The number of nitrogens with zero attached hydrogens (tertiary/aromatic N) is 1. The van der Waals surface area contributed by atoms with Crippen molar-refractivity contribution < 1.29 is 22.8 Å². The number of thioether (sulfide) groups is 1. The van der Waals surface area contributed by atoms with E-state index in [9.17, 15) is 13.3 Å². The van der Waals surface area contributed by atoms with E-state index in [0.717, 1.165) is 10.6 Å². The molecule has 1 atom stereocenters. The van der Waals surface area contributed by atoms with E-state index >= 15 is 0 Å². The first-order chi connectivity index (χ1) is 10.8. The van der Waals surface area contributed by atoms with Gasteiger partial charge in [0.25, 0.3) is 0 Å². The Kier molecular flexibility index (Phi) is 12.7. The van der Waals surface area contributed by atoms with Crippen LogP contribution in [0, 0.1) is 0 Å². The van der Waals surface area contributed by atoms with Crippen LogP contribution in [0.2, 0.25) is 5.02 Å². The van der Waals surface area contributed by atoms with Crippen LogP contribution in [0.3, 0.4) is 0 Å². The Balaban J connectivity index is 0.00000288. The fourth-order valence-corrected chi connectivity index (χ4v) is 3.54. The van der Waals surface area contributed by atoms with Crippen molar-refractivity contribution in [2.75, 3.05) is 0 Å². The van der Waals surface area contributed by atoms with Gasteiger partial charge in [0.15, 0.2) is 0 Å². The zero-order chi connectivity index (χ0) is 17.0. The number of hydrogen-bond donors (Lipinski definition) is 1. The third-order valence-electron chi connectivity index (χ3n) is 2.56. The Morgan fingerprint density at radius 1 is 1.32 bits per heavy atom. The molecule has 0 spiro atoms. The van der Waals surface area contributed by atoms with Gasteiger partial charge in [-0.25, -0.2) is 9.55 Å². The van der Waals surface area contributed by atoms with Crippen LogP contribution in [0.5, 0.6) is 5.75 Å². The summed E-state index contributed by atoms with van der Waals surface area (Å²) in [6.45, 7) is 0. The van der Waals surface area contributed by atoms with Gasteiger partial charge in [-0.05, 0) is 45.8 Å². The molecule has 0 aliphatic carbocycles. The molecular formula is C13H10BrClF2NNa2O3PS. The summed E-state index contributed by atoms with van der Waals surface area (Å²) in [6.07, 6.45) is -1.92. The molecule has 0 saturated heterocycles. The zero-order valence-electron chi connectivity index (χ0n) is 13.3. The molecule has 4 nitrogen and oxygen atoms in total. The van der Waals surface area contributed by atoms with Crippen LogP contribution in [0.15, 0.2) is 46.0 Å². The molecule has 2 rings (SSSR count). The molecule has 0 bridgehead atoms. The summed E-state index contributed by atoms with van der Waals surface area (Å²) in [5, 5.41) is 1.33. The van der Waals surface area contributed by atoms with Crippen LogP contribution in [0.4, 0.5) is 8.78 Å². The van der Waals surface area contributed by atoms with E-state index in [0.29, 0.717) is 15.2 Å². The van der Waals surface area contributed by atoms with E-state index < -0.39 is 13.8 Å². The largest absolute Gasteiger partial charge is 0.442 e. The van der Waals surface area contributed by atoms with Crippen molar-refractivity contribution in [3.05, 3.63) is 51.6 Å². The molecule has 1 heterocycles. The minimum Gasteiger partial charge on any atom is -0.420 e. The fourth-order valence-electron chi connectivity index (χ4n) is 1.49. The number of benzene rings is 1. The second-order valence-corrected chi connectivity index (χ2v) is 8.29. The average molecular weight is 491 g/mol. The molecule has 0 saturated carbocycles. The predicted octanol–water partition coefficient (Wildman–Crippen LogP) is 4.82. The summed E-state index contributed by atoms with van der Waals surface area (Å²) in [5.74, 6) is 0.452. The van der Waals surface area contributed by atoms with E-state index in [4.69, 9.17) is 16.5 Å². The van der Waals surface area contributed by atoms with Crippen LogP contribution >= 0.6 is 46.9 Å². The molecule has 25 heavy (non-hydrogen) atoms. The van der Waals surface area contributed by atoms with Crippen molar-refractivity contribution >= 4 is 106 Å². The van der Waals surface area contributed by atoms with E-state index in [-0.39, 0.29) is 64.9 Å². The summed E-state index contributed by atoms with van der Waals surface area (Å²) < 4.78 is 40.8. The molecule has 0 fully saturated rings. The maximum Gasteiger partial charge on any atom is 0.442 e. The molecule has 1 unspecified atom stereocenters. The number of halogens is 4. The fraction of sp³-hybridized carbons (Fsp3) is 0.154. The number of hydrogen-bond acceptors (Lipinski definition) is 4. The zero-order valence-corrected chi connectivity index (χ0v) is 21.4. The second kappa shape index (κ2) is 12.0. The Labute approximate surface area is 205 Å². The van der Waals surface area contributed by atoms with Gasteiger partial charge in [-0.3, -0.25) is 0 Å². The van der Waals surface area contributed by atoms with Gasteiger partial charge in [0.05, 0.1) is 14.5 Å². The van der Waals surface area contributed by atoms with E-state index in [1.165, 1.54) is 17.8 Å². The molecular weight excluding hydrogens is 481 g/mol. The van der Waals surface area contributed by atoms with Gasteiger partial charge in [-0.1, -0.05) is 17.7 Å². The minimum atomic E-state index is -4.99. The van der Waals surface area contributed by atoms with E-state index in [1.807, 2.05) is 0 Å². The Bertz CT molecular complexity index is 746. The first-order valence-corrected chi connectivity index (χ1v) is 9.91. The van der Waals surface area contributed by atoms with Gasteiger partial charge in [0, 0.05) is 71.1 Å². The summed E-state index contributed by atoms with van der Waals surface area (Å²) in [7, 11) is -4.99. The third kappa shape index (κ3) is 8.48. The minimum absolute atomic E-state index is 0. The first-order valence-electron chi connectivity index (χ1n) is 6.11. The van der Waals surface area contributed by atoms with Crippen molar-refractivity contribution in [3.8, 4) is 5.75 Å². The van der Waals surface area contributed by atoms with Gasteiger partial charge in [-0.15, -0.1) is 11.8 Å². The maximum atomic E-state index is 12.4. The average Bonchev–Trinajstić information content (AvgIpc) is 2.49. The van der Waals surface area contributed by atoms with Crippen LogP contribution in [0.25, 0.3) is 0 Å². The van der Waals surface area contributed by atoms with Gasteiger partial charge in [0.1, 0.15) is 5.75 Å². The Hall–Kier alpha value is 1.34. The number of aromatic nitrogens is 1. The van der Waals surface area contributed by atoms with Crippen molar-refractivity contribution in [1.82, 2.24) is 4.98 Å². The molecule has 1 N–H and O–H groups in total. The monoisotopic (exact) mass is 489 g/mol. The van der Waals surface area contributed by atoms with Crippen LogP contribution < -0.4 is 4.52 Å². The summed E-state index contributed by atoms with van der Waals surface area (Å²) in [4.78, 5) is 13.2. The van der Waals surface area contributed by atoms with Gasteiger partial charge >= 0.3 is 13.8 Å². The van der Waals surface area contributed by atoms with Crippen LogP contribution in [-0.2, 0) is 10.3 Å². The molecule has 2 aromatic rings. The maximum absolute atomic E-state index is 12.4. The normalized spacial score (nSPS) is 12.7. The Morgan fingerprint density at radius 3 is 2.52 bits per heavy atom. The van der Waals surface area contributed by atoms with Crippen molar-refractivity contribution in [3.63, 3.8) is 0 Å². The van der Waals surface area contributed by atoms with Gasteiger partial charge in [0.2, 0.25) is 0 Å². The van der Waals surface area contributed by atoms with Crippen molar-refractivity contribution in [2.45, 2.75) is 16.9 Å². The van der Waals surface area contributed by atoms with Gasteiger partial charge in [-0.2, -0.15) is 8.78 Å². The topological polar surface area (TPSA) is 59.4 Å². The quantitative estimate of drug-likeness (QED) is 0.358. The summed E-state index contributed by atoms with van der Waals surface area (Å²) >= 11 is 10.4. The second-order valence-electron chi connectivity index (χ2n) is 4.30. The molecule has 12 heteroatoms. The molecule has 0 amide bonds. The van der Waals surface area contributed by atoms with Crippen LogP contribution in [-0.4, -0.2) is 75.2 Å².